The molecule has 0 bridgehead atoms. The Bertz CT molecular complexity index is 494. The number of alkyl halides is 2. The number of halogens is 2. The molecule has 17 heavy (non-hydrogen) atoms. The van der Waals surface area contributed by atoms with Crippen molar-refractivity contribution in [2.45, 2.75) is 25.2 Å². The number of hydrogen-bond donors (Lipinski definition) is 0. The average molecular weight is 237 g/mol. The van der Waals surface area contributed by atoms with Crippen LogP contribution in [0.5, 0.6) is 0 Å². The van der Waals surface area contributed by atoms with Gasteiger partial charge in [-0.1, -0.05) is 6.07 Å². The van der Waals surface area contributed by atoms with Gasteiger partial charge in [-0.05, 0) is 30.5 Å². The molecule has 0 atom stereocenters. The average Bonchev–Trinajstić information content (AvgIpc) is 3.08. The molecule has 0 N–H and O–H groups in total. The summed E-state index contributed by atoms with van der Waals surface area (Å²) in [4.78, 5) is 13.0. The van der Waals surface area contributed by atoms with Crippen molar-refractivity contribution in [2.75, 3.05) is 11.9 Å². The maximum atomic E-state index is 13.9. The van der Waals surface area contributed by atoms with Gasteiger partial charge in [-0.15, -0.1) is 0 Å². The van der Waals surface area contributed by atoms with Crippen molar-refractivity contribution in [3.05, 3.63) is 29.3 Å². The van der Waals surface area contributed by atoms with Crippen LogP contribution in [0, 0.1) is 5.92 Å². The van der Waals surface area contributed by atoms with Gasteiger partial charge >= 0.3 is 0 Å². The lowest BCUT2D eigenvalue weighted by atomic mass is 10.0. The van der Waals surface area contributed by atoms with Crippen molar-refractivity contribution < 1.29 is 13.6 Å². The third-order valence-corrected chi connectivity index (χ3v) is 3.63. The number of anilines is 1. The molecule has 1 aliphatic carbocycles. The molecular weight excluding hydrogens is 224 g/mol. The molecule has 90 valence electrons. The van der Waals surface area contributed by atoms with E-state index in [2.05, 4.69) is 0 Å². The van der Waals surface area contributed by atoms with Crippen molar-refractivity contribution in [1.82, 2.24) is 0 Å². The molecule has 1 fully saturated rings. The first-order valence-electron chi connectivity index (χ1n) is 5.78. The Morgan fingerprint density at radius 1 is 1.35 bits per heavy atom. The van der Waals surface area contributed by atoms with Gasteiger partial charge in [0, 0.05) is 24.2 Å². The predicted molar refractivity (Wildman–Crippen MR) is 60.2 cm³/mol. The Morgan fingerprint density at radius 3 is 2.71 bits per heavy atom. The van der Waals surface area contributed by atoms with Crippen molar-refractivity contribution in [2.24, 2.45) is 5.92 Å². The molecule has 0 unspecified atom stereocenters. The van der Waals surface area contributed by atoms with Crippen LogP contribution < -0.4 is 4.90 Å². The van der Waals surface area contributed by atoms with Gasteiger partial charge in [0.05, 0.1) is 6.42 Å². The van der Waals surface area contributed by atoms with E-state index in [1.165, 1.54) is 17.0 Å². The quantitative estimate of drug-likeness (QED) is 0.774. The van der Waals surface area contributed by atoms with E-state index in [9.17, 15) is 13.6 Å². The number of rotatable bonds is 2. The van der Waals surface area contributed by atoms with E-state index in [1.54, 1.807) is 13.1 Å². The summed E-state index contributed by atoms with van der Waals surface area (Å²) in [6, 6.07) is 4.58. The zero-order valence-corrected chi connectivity index (χ0v) is 9.54. The minimum Gasteiger partial charge on any atom is -0.315 e. The zero-order valence-electron chi connectivity index (χ0n) is 9.54. The highest BCUT2D eigenvalue weighted by Crippen LogP contribution is 2.50. The third kappa shape index (κ3) is 1.54. The molecular formula is C13H13F2NO. The van der Waals surface area contributed by atoms with Crippen LogP contribution in [0.1, 0.15) is 24.0 Å². The fourth-order valence-electron chi connectivity index (χ4n) is 2.36. The number of likely N-dealkylation sites (N-methyl/N-ethyl adjacent to an activating group) is 1. The first-order chi connectivity index (χ1) is 8.00. The molecule has 3 rings (SSSR count). The van der Waals surface area contributed by atoms with Crippen LogP contribution in [0.4, 0.5) is 14.5 Å². The topological polar surface area (TPSA) is 20.3 Å². The van der Waals surface area contributed by atoms with Gasteiger partial charge in [0.1, 0.15) is 0 Å². The van der Waals surface area contributed by atoms with Gasteiger partial charge in [-0.25, -0.2) is 8.78 Å². The monoisotopic (exact) mass is 237 g/mol. The lowest BCUT2D eigenvalue weighted by molar-refractivity contribution is -0.117. The summed E-state index contributed by atoms with van der Waals surface area (Å²) in [6.45, 7) is 0. The molecule has 1 heterocycles. The van der Waals surface area contributed by atoms with E-state index in [0.717, 1.165) is 11.3 Å². The Balaban J connectivity index is 2.00. The lowest BCUT2D eigenvalue weighted by Crippen LogP contribution is -2.20. The lowest BCUT2D eigenvalue weighted by Gasteiger charge is -2.17. The van der Waals surface area contributed by atoms with Crippen LogP contribution in [0.15, 0.2) is 18.2 Å². The van der Waals surface area contributed by atoms with Crippen LogP contribution in [-0.2, 0) is 17.1 Å². The molecule has 2 aliphatic rings. The number of carbonyl (C=O) groups excluding carboxylic acids is 1. The van der Waals surface area contributed by atoms with Crippen LogP contribution in [0.3, 0.4) is 0 Å². The van der Waals surface area contributed by atoms with Crippen LogP contribution in [0.25, 0.3) is 0 Å². The molecule has 2 nitrogen and oxygen atoms in total. The standard InChI is InChI=1S/C13H13F2NO/c1-16-11-5-4-10(6-8(11)7-12(16)17)13(14,15)9-2-3-9/h4-6,9H,2-3,7H2,1H3. The van der Waals surface area contributed by atoms with Crippen LogP contribution in [-0.4, -0.2) is 13.0 Å². The Labute approximate surface area is 98.2 Å². The summed E-state index contributed by atoms with van der Waals surface area (Å²) in [5.41, 5.74) is 1.53. The highest BCUT2D eigenvalue weighted by molar-refractivity contribution is 6.00. The van der Waals surface area contributed by atoms with Gasteiger partial charge in [0.15, 0.2) is 0 Å². The summed E-state index contributed by atoms with van der Waals surface area (Å²) in [6.07, 6.45) is 1.44. The van der Waals surface area contributed by atoms with Crippen LogP contribution in [0.2, 0.25) is 0 Å². The van der Waals surface area contributed by atoms with E-state index in [0.29, 0.717) is 12.8 Å². The Hall–Kier alpha value is -1.45. The Kier molecular flexibility index (Phi) is 2.06. The number of fused-ring (bicyclic) bond motifs is 1. The third-order valence-electron chi connectivity index (χ3n) is 3.63. The fraction of sp³-hybridized carbons (Fsp3) is 0.462. The smallest absolute Gasteiger partial charge is 0.276 e. The zero-order chi connectivity index (χ0) is 12.2. The summed E-state index contributed by atoms with van der Waals surface area (Å²) in [7, 11) is 1.67. The van der Waals surface area contributed by atoms with Crippen molar-refractivity contribution in [3.8, 4) is 0 Å². The molecule has 0 spiro atoms. The van der Waals surface area contributed by atoms with E-state index >= 15 is 0 Å². The first-order valence-corrected chi connectivity index (χ1v) is 5.78. The number of carbonyl (C=O) groups is 1. The molecule has 0 radical (unpaired) electrons. The van der Waals surface area contributed by atoms with E-state index in [4.69, 9.17) is 0 Å². The molecule has 1 amide bonds. The molecule has 1 aromatic rings. The number of hydrogen-bond acceptors (Lipinski definition) is 1. The summed E-state index contributed by atoms with van der Waals surface area (Å²) in [5.74, 6) is -3.28. The predicted octanol–water partition coefficient (Wildman–Crippen LogP) is 2.71. The summed E-state index contributed by atoms with van der Waals surface area (Å²) < 4.78 is 27.8. The van der Waals surface area contributed by atoms with Gasteiger partial charge in [-0.2, -0.15) is 0 Å². The minimum atomic E-state index is -2.74. The van der Waals surface area contributed by atoms with Crippen molar-refractivity contribution in [1.29, 1.82) is 0 Å². The number of amides is 1. The number of benzene rings is 1. The van der Waals surface area contributed by atoms with Gasteiger partial charge in [0.25, 0.3) is 5.92 Å². The molecule has 1 aromatic carbocycles. The first kappa shape index (κ1) is 10.7. The number of nitrogens with zero attached hydrogens (tertiary/aromatic N) is 1. The van der Waals surface area contributed by atoms with Crippen molar-refractivity contribution in [3.63, 3.8) is 0 Å². The molecule has 0 saturated heterocycles. The van der Waals surface area contributed by atoms with Gasteiger partial charge in [-0.3, -0.25) is 4.79 Å². The molecule has 4 heteroatoms. The maximum Gasteiger partial charge on any atom is 0.276 e. The second-order valence-electron chi connectivity index (χ2n) is 4.87. The Morgan fingerprint density at radius 2 is 2.06 bits per heavy atom. The molecule has 0 aromatic heterocycles. The fourth-order valence-corrected chi connectivity index (χ4v) is 2.36. The van der Waals surface area contributed by atoms with Crippen molar-refractivity contribution >= 4 is 11.6 Å². The highest BCUT2D eigenvalue weighted by Gasteiger charge is 2.48. The van der Waals surface area contributed by atoms with E-state index in [-0.39, 0.29) is 17.9 Å². The molecule has 1 saturated carbocycles. The maximum absolute atomic E-state index is 13.9. The summed E-state index contributed by atoms with van der Waals surface area (Å²) in [5, 5.41) is 0. The van der Waals surface area contributed by atoms with E-state index < -0.39 is 11.8 Å². The normalized spacial score (nSPS) is 19.7. The summed E-state index contributed by atoms with van der Waals surface area (Å²) >= 11 is 0. The van der Waals surface area contributed by atoms with Gasteiger partial charge in [0.2, 0.25) is 5.91 Å². The SMILES string of the molecule is CN1C(=O)Cc2cc(C(F)(F)C3CC3)ccc21. The minimum absolute atomic E-state index is 0.0353. The second kappa shape index (κ2) is 3.28. The molecule has 1 aliphatic heterocycles. The highest BCUT2D eigenvalue weighted by atomic mass is 19.3. The second-order valence-corrected chi connectivity index (χ2v) is 4.87. The largest absolute Gasteiger partial charge is 0.315 e. The van der Waals surface area contributed by atoms with Gasteiger partial charge < -0.3 is 4.90 Å². The van der Waals surface area contributed by atoms with E-state index in [1.807, 2.05) is 0 Å². The van der Waals surface area contributed by atoms with Crippen LogP contribution >= 0.6 is 0 Å².